The van der Waals surface area contributed by atoms with E-state index in [1.54, 1.807) is 4.80 Å². The van der Waals surface area contributed by atoms with Crippen LogP contribution in [0.15, 0.2) is 24.4 Å². The van der Waals surface area contributed by atoms with Gasteiger partial charge < -0.3 is 10.6 Å². The van der Waals surface area contributed by atoms with Crippen molar-refractivity contribution in [3.63, 3.8) is 0 Å². The number of aryl methyl sites for hydroxylation is 1. The molecular formula is C13H18ClN5. The van der Waals surface area contributed by atoms with Gasteiger partial charge in [-0.15, -0.1) is 12.4 Å². The van der Waals surface area contributed by atoms with Crippen LogP contribution in [0, 0.1) is 0 Å². The van der Waals surface area contributed by atoms with Gasteiger partial charge in [0.15, 0.2) is 0 Å². The average molecular weight is 280 g/mol. The lowest BCUT2D eigenvalue weighted by Gasteiger charge is -2.31. The Morgan fingerprint density at radius 2 is 2.21 bits per heavy atom. The van der Waals surface area contributed by atoms with E-state index < -0.39 is 0 Å². The predicted octanol–water partition coefficient (Wildman–Crippen LogP) is 1.77. The third kappa shape index (κ3) is 2.66. The molecule has 0 saturated heterocycles. The number of aromatic nitrogens is 3. The molecule has 0 amide bonds. The molecule has 1 aliphatic heterocycles. The molecule has 0 unspecified atom stereocenters. The molecule has 0 aliphatic carbocycles. The van der Waals surface area contributed by atoms with Crippen molar-refractivity contribution in [2.75, 3.05) is 17.2 Å². The largest absolute Gasteiger partial charge is 0.398 e. The summed E-state index contributed by atoms with van der Waals surface area (Å²) < 4.78 is 0. The summed E-state index contributed by atoms with van der Waals surface area (Å²) in [5.41, 5.74) is 10.4. The first-order valence-corrected chi connectivity index (χ1v) is 6.21. The maximum Gasteiger partial charge on any atom is 0.102 e. The van der Waals surface area contributed by atoms with Gasteiger partial charge in [-0.3, -0.25) is 0 Å². The topological polar surface area (TPSA) is 60.0 Å². The summed E-state index contributed by atoms with van der Waals surface area (Å²) >= 11 is 0. The fourth-order valence-corrected chi connectivity index (χ4v) is 2.55. The molecule has 0 saturated carbocycles. The normalized spacial score (nSPS) is 13.8. The summed E-state index contributed by atoms with van der Waals surface area (Å²) in [7, 11) is 1.84. The van der Waals surface area contributed by atoms with E-state index in [2.05, 4.69) is 21.2 Å². The lowest BCUT2D eigenvalue weighted by Crippen LogP contribution is -2.29. The minimum Gasteiger partial charge on any atom is -0.398 e. The molecule has 5 nitrogen and oxygen atoms in total. The lowest BCUT2D eigenvalue weighted by atomic mass is 10.00. The number of rotatable bonds is 2. The summed E-state index contributed by atoms with van der Waals surface area (Å²) in [6.07, 6.45) is 4.03. The SMILES string of the molecule is Cl.Cn1ncc(CN2CCCc3c(N)cccc32)n1. The van der Waals surface area contributed by atoms with Crippen LogP contribution in [0.5, 0.6) is 0 Å². The number of benzene rings is 1. The van der Waals surface area contributed by atoms with Crippen LogP contribution in [-0.4, -0.2) is 21.5 Å². The number of hydrogen-bond donors (Lipinski definition) is 1. The second-order valence-electron chi connectivity index (χ2n) is 4.70. The number of fused-ring (bicyclic) bond motifs is 1. The Hall–Kier alpha value is -1.75. The molecule has 0 radical (unpaired) electrons. The van der Waals surface area contributed by atoms with Crippen LogP contribution in [0.1, 0.15) is 17.7 Å². The molecule has 2 heterocycles. The summed E-state index contributed by atoms with van der Waals surface area (Å²) in [5.74, 6) is 0. The van der Waals surface area contributed by atoms with Gasteiger partial charge in [0.25, 0.3) is 0 Å². The third-order valence-corrected chi connectivity index (χ3v) is 3.38. The number of nitrogens with zero attached hydrogens (tertiary/aromatic N) is 4. The number of nitrogen functional groups attached to an aromatic ring is 1. The van der Waals surface area contributed by atoms with Crippen LogP contribution in [0.2, 0.25) is 0 Å². The van der Waals surface area contributed by atoms with Crippen molar-refractivity contribution in [1.29, 1.82) is 0 Å². The van der Waals surface area contributed by atoms with Crippen molar-refractivity contribution in [2.24, 2.45) is 7.05 Å². The molecule has 0 fully saturated rings. The number of hydrogen-bond acceptors (Lipinski definition) is 4. The molecule has 19 heavy (non-hydrogen) atoms. The Morgan fingerprint density at radius 1 is 1.37 bits per heavy atom. The fraction of sp³-hybridized carbons (Fsp3) is 0.385. The maximum atomic E-state index is 6.04. The number of anilines is 2. The van der Waals surface area contributed by atoms with Crippen molar-refractivity contribution < 1.29 is 0 Å². The Morgan fingerprint density at radius 3 is 2.95 bits per heavy atom. The van der Waals surface area contributed by atoms with Gasteiger partial charge in [-0.2, -0.15) is 15.0 Å². The van der Waals surface area contributed by atoms with Crippen molar-refractivity contribution in [1.82, 2.24) is 15.0 Å². The van der Waals surface area contributed by atoms with E-state index in [9.17, 15) is 0 Å². The highest BCUT2D eigenvalue weighted by atomic mass is 35.5. The van der Waals surface area contributed by atoms with Crippen LogP contribution >= 0.6 is 12.4 Å². The van der Waals surface area contributed by atoms with E-state index in [0.717, 1.165) is 37.3 Å². The predicted molar refractivity (Wildman–Crippen MR) is 78.5 cm³/mol. The summed E-state index contributed by atoms with van der Waals surface area (Å²) in [4.78, 5) is 3.93. The quantitative estimate of drug-likeness (QED) is 0.851. The standard InChI is InChI=1S/C13H17N5.ClH/c1-17-15-8-10(16-17)9-18-7-3-4-11-12(14)5-2-6-13(11)18;/h2,5-6,8H,3-4,7,9,14H2,1H3;1H. The van der Waals surface area contributed by atoms with Gasteiger partial charge in [0, 0.05) is 25.0 Å². The zero-order chi connectivity index (χ0) is 12.5. The van der Waals surface area contributed by atoms with Gasteiger partial charge in [0.1, 0.15) is 5.69 Å². The van der Waals surface area contributed by atoms with Crippen molar-refractivity contribution in [3.8, 4) is 0 Å². The second-order valence-corrected chi connectivity index (χ2v) is 4.70. The highest BCUT2D eigenvalue weighted by Crippen LogP contribution is 2.31. The van der Waals surface area contributed by atoms with E-state index in [4.69, 9.17) is 5.73 Å². The Kier molecular flexibility index (Phi) is 3.95. The van der Waals surface area contributed by atoms with Crippen LogP contribution in [0.3, 0.4) is 0 Å². The summed E-state index contributed by atoms with van der Waals surface area (Å²) in [5, 5.41) is 8.44. The first kappa shape index (κ1) is 13.7. The van der Waals surface area contributed by atoms with Crippen LogP contribution < -0.4 is 10.6 Å². The first-order chi connectivity index (χ1) is 8.74. The van der Waals surface area contributed by atoms with Crippen molar-refractivity contribution in [2.45, 2.75) is 19.4 Å². The number of halogens is 1. The first-order valence-electron chi connectivity index (χ1n) is 6.21. The van der Waals surface area contributed by atoms with Crippen LogP contribution in [0.4, 0.5) is 11.4 Å². The molecule has 0 spiro atoms. The number of nitrogens with two attached hydrogens (primary N) is 1. The monoisotopic (exact) mass is 279 g/mol. The van der Waals surface area contributed by atoms with E-state index >= 15 is 0 Å². The minimum atomic E-state index is 0. The molecule has 1 aliphatic rings. The van der Waals surface area contributed by atoms with Crippen LogP contribution in [-0.2, 0) is 20.0 Å². The van der Waals surface area contributed by atoms with Crippen molar-refractivity contribution >= 4 is 23.8 Å². The molecule has 1 aromatic heterocycles. The molecule has 2 N–H and O–H groups in total. The Labute approximate surface area is 118 Å². The van der Waals surface area contributed by atoms with Crippen molar-refractivity contribution in [3.05, 3.63) is 35.7 Å². The van der Waals surface area contributed by atoms with E-state index in [1.807, 2.05) is 25.4 Å². The molecule has 6 heteroatoms. The second kappa shape index (κ2) is 5.48. The van der Waals surface area contributed by atoms with Gasteiger partial charge >= 0.3 is 0 Å². The van der Waals surface area contributed by atoms with E-state index in [0.29, 0.717) is 0 Å². The Balaban J connectivity index is 0.00000133. The molecule has 2 aromatic rings. The summed E-state index contributed by atoms with van der Waals surface area (Å²) in [6, 6.07) is 6.13. The lowest BCUT2D eigenvalue weighted by molar-refractivity contribution is 0.632. The molecule has 0 bridgehead atoms. The van der Waals surface area contributed by atoms with Gasteiger partial charge in [-0.05, 0) is 30.5 Å². The van der Waals surface area contributed by atoms with Gasteiger partial charge in [0.05, 0.1) is 12.7 Å². The smallest absolute Gasteiger partial charge is 0.102 e. The third-order valence-electron chi connectivity index (χ3n) is 3.38. The zero-order valence-corrected chi connectivity index (χ0v) is 11.7. The van der Waals surface area contributed by atoms with E-state index in [-0.39, 0.29) is 12.4 Å². The molecule has 1 aromatic carbocycles. The highest BCUT2D eigenvalue weighted by molar-refractivity contribution is 5.85. The van der Waals surface area contributed by atoms with Gasteiger partial charge in [0.2, 0.25) is 0 Å². The highest BCUT2D eigenvalue weighted by Gasteiger charge is 2.19. The molecular weight excluding hydrogens is 262 g/mol. The summed E-state index contributed by atoms with van der Waals surface area (Å²) in [6.45, 7) is 1.84. The van der Waals surface area contributed by atoms with E-state index in [1.165, 1.54) is 11.3 Å². The Bertz CT molecular complexity index is 566. The molecule has 3 rings (SSSR count). The van der Waals surface area contributed by atoms with Crippen LogP contribution in [0.25, 0.3) is 0 Å². The van der Waals surface area contributed by atoms with Gasteiger partial charge in [-0.1, -0.05) is 6.07 Å². The average Bonchev–Trinajstić information content (AvgIpc) is 2.76. The minimum absolute atomic E-state index is 0. The molecule has 102 valence electrons. The fourth-order valence-electron chi connectivity index (χ4n) is 2.55. The zero-order valence-electron chi connectivity index (χ0n) is 10.9. The maximum absolute atomic E-state index is 6.04. The van der Waals surface area contributed by atoms with Gasteiger partial charge in [-0.25, -0.2) is 0 Å². The molecule has 0 atom stereocenters.